The number of halogens is 2. The summed E-state index contributed by atoms with van der Waals surface area (Å²) in [5, 5.41) is 18.3. The maximum atomic E-state index is 13.2. The van der Waals surface area contributed by atoms with E-state index in [9.17, 15) is 22.7 Å². The van der Waals surface area contributed by atoms with Crippen LogP contribution in [0, 0.1) is 5.82 Å². The van der Waals surface area contributed by atoms with Crippen molar-refractivity contribution in [3.8, 4) is 0 Å². The molecule has 1 aromatic carbocycles. The highest BCUT2D eigenvalue weighted by Gasteiger charge is 2.44. The van der Waals surface area contributed by atoms with Gasteiger partial charge in [-0.05, 0) is 18.2 Å². The molecule has 0 aliphatic carbocycles. The number of carboxylic acids is 1. The number of nitrogens with zero attached hydrogens (tertiary/aromatic N) is 1. The molecule has 9 heteroatoms. The van der Waals surface area contributed by atoms with Crippen molar-refractivity contribution in [3.05, 3.63) is 29.0 Å². The van der Waals surface area contributed by atoms with Gasteiger partial charge in [0, 0.05) is 13.0 Å². The fourth-order valence-electron chi connectivity index (χ4n) is 2.08. The third-order valence-corrected chi connectivity index (χ3v) is 5.35. The monoisotopic (exact) mass is 323 g/mol. The van der Waals surface area contributed by atoms with E-state index in [2.05, 4.69) is 0 Å². The first kappa shape index (κ1) is 15.2. The Labute approximate surface area is 119 Å². The molecular formula is C11H11ClFNO5S. The number of rotatable bonds is 3. The molecule has 1 aliphatic heterocycles. The quantitative estimate of drug-likeness (QED) is 0.853. The van der Waals surface area contributed by atoms with Crippen LogP contribution in [0.3, 0.4) is 0 Å². The minimum atomic E-state index is -4.30. The molecule has 0 saturated carbocycles. The molecule has 1 aromatic rings. The Morgan fingerprint density at radius 3 is 2.70 bits per heavy atom. The van der Waals surface area contributed by atoms with E-state index in [0.29, 0.717) is 4.31 Å². The number of aliphatic hydroxyl groups is 1. The van der Waals surface area contributed by atoms with Gasteiger partial charge in [-0.1, -0.05) is 11.6 Å². The number of sulfonamides is 1. The summed E-state index contributed by atoms with van der Waals surface area (Å²) in [5.74, 6) is -2.18. The van der Waals surface area contributed by atoms with Crippen LogP contribution in [0.1, 0.15) is 6.42 Å². The van der Waals surface area contributed by atoms with Crippen LogP contribution >= 0.6 is 11.6 Å². The van der Waals surface area contributed by atoms with Crippen LogP contribution in [0.15, 0.2) is 23.1 Å². The lowest BCUT2D eigenvalue weighted by atomic mass is 10.2. The standard InChI is InChI=1S/C11H11ClFNO5S/c12-8-2-1-6(13)3-10(8)20(18,19)14-5-7(15)4-9(14)11(16)17/h1-3,7,9,15H,4-5H2,(H,16,17)/t7-,9-/m0/s1. The van der Waals surface area contributed by atoms with E-state index in [1.165, 1.54) is 0 Å². The minimum absolute atomic E-state index is 0.211. The maximum absolute atomic E-state index is 13.2. The van der Waals surface area contributed by atoms with Crippen molar-refractivity contribution >= 4 is 27.6 Å². The second-order valence-corrected chi connectivity index (χ2v) is 6.66. The lowest BCUT2D eigenvalue weighted by molar-refractivity contribution is -0.140. The highest BCUT2D eigenvalue weighted by atomic mass is 35.5. The number of hydrogen-bond acceptors (Lipinski definition) is 4. The van der Waals surface area contributed by atoms with E-state index in [-0.39, 0.29) is 18.0 Å². The first-order valence-electron chi connectivity index (χ1n) is 5.61. The molecule has 6 nitrogen and oxygen atoms in total. The number of aliphatic hydroxyl groups excluding tert-OH is 1. The van der Waals surface area contributed by atoms with Crippen LogP contribution in [-0.4, -0.2) is 47.6 Å². The molecule has 2 rings (SSSR count). The van der Waals surface area contributed by atoms with E-state index in [1.807, 2.05) is 0 Å². The van der Waals surface area contributed by atoms with Gasteiger partial charge >= 0.3 is 5.97 Å². The van der Waals surface area contributed by atoms with Gasteiger partial charge in [-0.25, -0.2) is 12.8 Å². The normalized spacial score (nSPS) is 23.9. The number of benzene rings is 1. The number of carbonyl (C=O) groups is 1. The van der Waals surface area contributed by atoms with Crippen molar-refractivity contribution in [1.29, 1.82) is 0 Å². The number of hydrogen-bond donors (Lipinski definition) is 2. The van der Waals surface area contributed by atoms with E-state index in [4.69, 9.17) is 16.7 Å². The molecule has 1 fully saturated rings. The second-order valence-electron chi connectivity index (χ2n) is 4.39. The molecule has 0 unspecified atom stereocenters. The zero-order valence-corrected chi connectivity index (χ0v) is 11.6. The summed E-state index contributed by atoms with van der Waals surface area (Å²) in [5.41, 5.74) is 0. The summed E-state index contributed by atoms with van der Waals surface area (Å²) < 4.78 is 38.6. The summed E-state index contributed by atoms with van der Waals surface area (Å²) in [7, 11) is -4.30. The highest BCUT2D eigenvalue weighted by Crippen LogP contribution is 2.30. The third-order valence-electron chi connectivity index (χ3n) is 3.00. The molecule has 1 saturated heterocycles. The predicted octanol–water partition coefficient (Wildman–Crippen LogP) is 0.688. The van der Waals surface area contributed by atoms with Gasteiger partial charge in [0.2, 0.25) is 10.0 Å². The Balaban J connectivity index is 2.49. The first-order valence-corrected chi connectivity index (χ1v) is 7.43. The lowest BCUT2D eigenvalue weighted by Gasteiger charge is -2.21. The van der Waals surface area contributed by atoms with Crippen molar-refractivity contribution in [2.75, 3.05) is 6.54 Å². The van der Waals surface area contributed by atoms with Crippen molar-refractivity contribution < 1.29 is 27.8 Å². The summed E-state index contributed by atoms with van der Waals surface area (Å²) in [6.07, 6.45) is -1.31. The number of aliphatic carboxylic acids is 1. The zero-order chi connectivity index (χ0) is 15.1. The molecule has 110 valence electrons. The Kier molecular flexibility index (Phi) is 4.01. The Hall–Kier alpha value is -1.22. The highest BCUT2D eigenvalue weighted by molar-refractivity contribution is 7.89. The van der Waals surface area contributed by atoms with Gasteiger partial charge in [0.1, 0.15) is 16.8 Å². The van der Waals surface area contributed by atoms with Crippen LogP contribution in [0.25, 0.3) is 0 Å². The summed E-state index contributed by atoms with van der Waals surface area (Å²) >= 11 is 5.74. The van der Waals surface area contributed by atoms with Crippen molar-refractivity contribution in [3.63, 3.8) is 0 Å². The van der Waals surface area contributed by atoms with E-state index < -0.39 is 38.9 Å². The summed E-state index contributed by atoms with van der Waals surface area (Å²) in [6, 6.07) is 1.40. The first-order chi connectivity index (χ1) is 9.23. The summed E-state index contributed by atoms with van der Waals surface area (Å²) in [4.78, 5) is 10.5. The average Bonchev–Trinajstić information content (AvgIpc) is 2.75. The van der Waals surface area contributed by atoms with Crippen molar-refractivity contribution in [2.45, 2.75) is 23.5 Å². The molecule has 0 bridgehead atoms. The smallest absolute Gasteiger partial charge is 0.322 e. The molecule has 2 atom stereocenters. The fourth-order valence-corrected chi connectivity index (χ4v) is 4.19. The largest absolute Gasteiger partial charge is 0.480 e. The molecular weight excluding hydrogens is 313 g/mol. The van der Waals surface area contributed by atoms with Crippen LogP contribution < -0.4 is 0 Å². The lowest BCUT2D eigenvalue weighted by Crippen LogP contribution is -2.40. The van der Waals surface area contributed by atoms with Gasteiger partial charge in [-0.15, -0.1) is 0 Å². The van der Waals surface area contributed by atoms with Gasteiger partial charge < -0.3 is 10.2 Å². The van der Waals surface area contributed by atoms with Gasteiger partial charge in [0.15, 0.2) is 0 Å². The SMILES string of the molecule is O=C(O)[C@@H]1C[C@H](O)CN1S(=O)(=O)c1cc(F)ccc1Cl. The van der Waals surface area contributed by atoms with Crippen LogP contribution in [-0.2, 0) is 14.8 Å². The van der Waals surface area contributed by atoms with Gasteiger partial charge in [0.05, 0.1) is 11.1 Å². The topological polar surface area (TPSA) is 94.9 Å². The molecule has 1 aliphatic rings. The molecule has 0 radical (unpaired) electrons. The van der Waals surface area contributed by atoms with Crippen LogP contribution in [0.4, 0.5) is 4.39 Å². The van der Waals surface area contributed by atoms with Gasteiger partial charge in [-0.3, -0.25) is 4.79 Å². The number of β-amino-alcohol motifs (C(OH)–C–C–N with tert-alkyl or cyclic N) is 1. The van der Waals surface area contributed by atoms with Gasteiger partial charge in [-0.2, -0.15) is 4.31 Å². The third kappa shape index (κ3) is 2.64. The second kappa shape index (κ2) is 5.28. The Morgan fingerprint density at radius 1 is 1.45 bits per heavy atom. The molecule has 0 amide bonds. The average molecular weight is 324 g/mol. The molecule has 0 spiro atoms. The number of carboxylic acid groups (broad SMARTS) is 1. The Bertz CT molecular complexity index is 650. The molecule has 1 heterocycles. The fraction of sp³-hybridized carbons (Fsp3) is 0.364. The minimum Gasteiger partial charge on any atom is -0.480 e. The molecule has 2 N–H and O–H groups in total. The van der Waals surface area contributed by atoms with E-state index >= 15 is 0 Å². The van der Waals surface area contributed by atoms with E-state index in [0.717, 1.165) is 18.2 Å². The molecule has 20 heavy (non-hydrogen) atoms. The zero-order valence-electron chi connectivity index (χ0n) is 10.0. The summed E-state index contributed by atoms with van der Waals surface area (Å²) in [6.45, 7) is -0.369. The van der Waals surface area contributed by atoms with Crippen molar-refractivity contribution in [2.24, 2.45) is 0 Å². The van der Waals surface area contributed by atoms with Crippen LogP contribution in [0.5, 0.6) is 0 Å². The maximum Gasteiger partial charge on any atom is 0.322 e. The van der Waals surface area contributed by atoms with Gasteiger partial charge in [0.25, 0.3) is 0 Å². The predicted molar refractivity (Wildman–Crippen MR) is 67.3 cm³/mol. The molecule has 0 aromatic heterocycles. The van der Waals surface area contributed by atoms with E-state index in [1.54, 1.807) is 0 Å². The van der Waals surface area contributed by atoms with Crippen molar-refractivity contribution in [1.82, 2.24) is 4.31 Å². The van der Waals surface area contributed by atoms with Crippen LogP contribution in [0.2, 0.25) is 5.02 Å². The Morgan fingerprint density at radius 2 is 2.10 bits per heavy atom.